The molecule has 1 fully saturated rings. The van der Waals surface area contributed by atoms with E-state index in [1.165, 1.54) is 6.07 Å². The Hall–Kier alpha value is -3.00. The second-order valence-corrected chi connectivity index (χ2v) is 6.63. The zero-order valence-corrected chi connectivity index (χ0v) is 16.8. The van der Waals surface area contributed by atoms with Crippen molar-refractivity contribution < 1.29 is 18.6 Å². The highest BCUT2D eigenvalue weighted by Crippen LogP contribution is 2.27. The summed E-state index contributed by atoms with van der Waals surface area (Å²) in [7, 11) is 3.19. The van der Waals surface area contributed by atoms with Crippen LogP contribution in [-0.4, -0.2) is 46.5 Å². The summed E-state index contributed by atoms with van der Waals surface area (Å²) in [5.74, 6) is 1.35. The molecule has 1 aliphatic heterocycles. The molecule has 29 heavy (non-hydrogen) atoms. The lowest BCUT2D eigenvalue weighted by molar-refractivity contribution is 0.122. The van der Waals surface area contributed by atoms with Crippen molar-refractivity contribution >= 4 is 11.6 Å². The average Bonchev–Trinajstić information content (AvgIpc) is 2.76. The van der Waals surface area contributed by atoms with Crippen LogP contribution < -0.4 is 25.4 Å². The van der Waals surface area contributed by atoms with Gasteiger partial charge in [-0.25, -0.2) is 9.38 Å². The predicted molar refractivity (Wildman–Crippen MR) is 111 cm³/mol. The fourth-order valence-corrected chi connectivity index (χ4v) is 3.13. The lowest BCUT2D eigenvalue weighted by Gasteiger charge is -2.29. The van der Waals surface area contributed by atoms with Gasteiger partial charge in [0, 0.05) is 19.6 Å². The average molecular weight is 402 g/mol. The first-order valence-electron chi connectivity index (χ1n) is 9.46. The first-order valence-corrected chi connectivity index (χ1v) is 9.46. The van der Waals surface area contributed by atoms with Crippen LogP contribution in [0.1, 0.15) is 11.1 Å². The molecule has 0 atom stereocenters. The van der Waals surface area contributed by atoms with Crippen LogP contribution in [0, 0.1) is 5.82 Å². The van der Waals surface area contributed by atoms with Crippen molar-refractivity contribution in [1.29, 1.82) is 0 Å². The molecule has 156 valence electrons. The van der Waals surface area contributed by atoms with Gasteiger partial charge in [-0.15, -0.1) is 0 Å². The first kappa shape index (κ1) is 20.7. The molecule has 7 nitrogen and oxygen atoms in total. The zero-order valence-electron chi connectivity index (χ0n) is 16.8. The number of guanidine groups is 1. The number of methoxy groups -OCH3 is 2. The smallest absolute Gasteiger partial charge is 0.189 e. The molecule has 2 aromatic rings. The maximum Gasteiger partial charge on any atom is 0.189 e. The number of rotatable bonds is 7. The van der Waals surface area contributed by atoms with Gasteiger partial charge in [0.1, 0.15) is 5.82 Å². The maximum atomic E-state index is 14.5. The number of nitrogens with two attached hydrogens (primary N) is 1. The Bertz CT molecular complexity index is 854. The van der Waals surface area contributed by atoms with Crippen molar-refractivity contribution in [3.8, 4) is 11.5 Å². The Balaban J connectivity index is 1.56. The third-order valence-electron chi connectivity index (χ3n) is 4.72. The number of morpholine rings is 1. The van der Waals surface area contributed by atoms with Gasteiger partial charge in [-0.2, -0.15) is 0 Å². The number of anilines is 1. The quantitative estimate of drug-likeness (QED) is 0.546. The minimum absolute atomic E-state index is 0.253. The molecule has 2 aromatic carbocycles. The summed E-state index contributed by atoms with van der Waals surface area (Å²) in [6, 6.07) is 10.8. The van der Waals surface area contributed by atoms with Gasteiger partial charge in [0.2, 0.25) is 0 Å². The Morgan fingerprint density at radius 1 is 1.10 bits per heavy atom. The van der Waals surface area contributed by atoms with E-state index in [9.17, 15) is 4.39 Å². The highest BCUT2D eigenvalue weighted by Gasteiger charge is 2.15. The number of nitrogens with one attached hydrogen (secondary N) is 1. The number of nitrogens with zero attached hydrogens (tertiary/aromatic N) is 2. The van der Waals surface area contributed by atoms with Gasteiger partial charge < -0.3 is 30.2 Å². The molecule has 0 unspecified atom stereocenters. The van der Waals surface area contributed by atoms with Crippen LogP contribution in [-0.2, 0) is 17.8 Å². The highest BCUT2D eigenvalue weighted by atomic mass is 19.1. The molecule has 0 amide bonds. The fourth-order valence-electron chi connectivity index (χ4n) is 3.13. The molecule has 3 rings (SSSR count). The number of aliphatic imine (C=N–C) groups is 1. The summed E-state index contributed by atoms with van der Waals surface area (Å²) in [5.41, 5.74) is 8.28. The molecule has 0 aliphatic carbocycles. The summed E-state index contributed by atoms with van der Waals surface area (Å²) < 4.78 is 30.3. The maximum absolute atomic E-state index is 14.5. The third-order valence-corrected chi connectivity index (χ3v) is 4.72. The van der Waals surface area contributed by atoms with E-state index in [1.54, 1.807) is 20.3 Å². The van der Waals surface area contributed by atoms with E-state index >= 15 is 0 Å². The Morgan fingerprint density at radius 2 is 1.83 bits per heavy atom. The molecule has 0 saturated carbocycles. The van der Waals surface area contributed by atoms with E-state index < -0.39 is 0 Å². The highest BCUT2D eigenvalue weighted by molar-refractivity contribution is 5.77. The van der Waals surface area contributed by atoms with E-state index in [1.807, 2.05) is 29.2 Å². The molecule has 8 heteroatoms. The minimum Gasteiger partial charge on any atom is -0.493 e. The molecule has 1 saturated heterocycles. The Labute approximate surface area is 170 Å². The van der Waals surface area contributed by atoms with Crippen molar-refractivity contribution in [2.75, 3.05) is 45.4 Å². The van der Waals surface area contributed by atoms with Gasteiger partial charge in [0.05, 0.1) is 39.7 Å². The summed E-state index contributed by atoms with van der Waals surface area (Å²) >= 11 is 0. The van der Waals surface area contributed by atoms with Crippen molar-refractivity contribution in [3.63, 3.8) is 0 Å². The van der Waals surface area contributed by atoms with Crippen LogP contribution >= 0.6 is 0 Å². The monoisotopic (exact) mass is 402 g/mol. The van der Waals surface area contributed by atoms with E-state index in [2.05, 4.69) is 10.3 Å². The molecule has 0 bridgehead atoms. The summed E-state index contributed by atoms with van der Waals surface area (Å²) in [6.07, 6.45) is 0. The van der Waals surface area contributed by atoms with Crippen molar-refractivity contribution in [2.24, 2.45) is 10.7 Å². The van der Waals surface area contributed by atoms with Gasteiger partial charge in [-0.1, -0.05) is 12.1 Å². The van der Waals surface area contributed by atoms with Crippen molar-refractivity contribution in [1.82, 2.24) is 5.32 Å². The standard InChI is InChI=1S/C21H27FN4O3/c1-27-19-6-4-16(12-20(19)28-2)14-25-21(23)24-13-15-3-5-18(17(22)11-15)26-7-9-29-10-8-26/h3-6,11-12H,7-10,13-14H2,1-2H3,(H3,23,24,25). The van der Waals surface area contributed by atoms with Crippen LogP contribution in [0.4, 0.5) is 10.1 Å². The van der Waals surface area contributed by atoms with E-state index in [-0.39, 0.29) is 11.8 Å². The molecule has 3 N–H and O–H groups in total. The SMILES string of the molecule is COc1ccc(CNC(N)=NCc2ccc(N3CCOCC3)c(F)c2)cc1OC. The number of benzene rings is 2. The van der Waals surface area contributed by atoms with Crippen LogP contribution in [0.3, 0.4) is 0 Å². The number of halogens is 1. The molecular formula is C21H27FN4O3. The van der Waals surface area contributed by atoms with Crippen LogP contribution in [0.2, 0.25) is 0 Å². The predicted octanol–water partition coefficient (Wildman–Crippen LogP) is 2.28. The van der Waals surface area contributed by atoms with Gasteiger partial charge in [0.15, 0.2) is 17.5 Å². The fraction of sp³-hybridized carbons (Fsp3) is 0.381. The van der Waals surface area contributed by atoms with Crippen LogP contribution in [0.25, 0.3) is 0 Å². The Morgan fingerprint density at radius 3 is 2.52 bits per heavy atom. The van der Waals surface area contributed by atoms with E-state index in [0.717, 1.165) is 11.1 Å². The van der Waals surface area contributed by atoms with E-state index in [4.69, 9.17) is 19.9 Å². The van der Waals surface area contributed by atoms with Gasteiger partial charge >= 0.3 is 0 Å². The summed E-state index contributed by atoms with van der Waals surface area (Å²) in [5, 5.41) is 3.05. The van der Waals surface area contributed by atoms with Gasteiger partial charge in [-0.3, -0.25) is 0 Å². The minimum atomic E-state index is -0.253. The third kappa shape index (κ3) is 5.51. The molecule has 0 spiro atoms. The normalized spacial score (nSPS) is 14.6. The van der Waals surface area contributed by atoms with E-state index in [0.29, 0.717) is 56.6 Å². The largest absolute Gasteiger partial charge is 0.493 e. The Kier molecular flexibility index (Phi) is 7.13. The summed E-state index contributed by atoms with van der Waals surface area (Å²) in [6.45, 7) is 3.41. The van der Waals surface area contributed by atoms with Crippen LogP contribution in [0.15, 0.2) is 41.4 Å². The molecule has 1 heterocycles. The summed E-state index contributed by atoms with van der Waals surface area (Å²) in [4.78, 5) is 6.29. The van der Waals surface area contributed by atoms with Crippen LogP contribution in [0.5, 0.6) is 11.5 Å². The van der Waals surface area contributed by atoms with Crippen molar-refractivity contribution in [3.05, 3.63) is 53.3 Å². The molecule has 0 aromatic heterocycles. The molecular weight excluding hydrogens is 375 g/mol. The lowest BCUT2D eigenvalue weighted by atomic mass is 10.1. The van der Waals surface area contributed by atoms with Gasteiger partial charge in [-0.05, 0) is 35.4 Å². The zero-order chi connectivity index (χ0) is 20.6. The van der Waals surface area contributed by atoms with Crippen molar-refractivity contribution in [2.45, 2.75) is 13.1 Å². The lowest BCUT2D eigenvalue weighted by Crippen LogP contribution is -2.36. The second kappa shape index (κ2) is 9.97. The number of hydrogen-bond acceptors (Lipinski definition) is 5. The topological polar surface area (TPSA) is 81.3 Å². The number of ether oxygens (including phenoxy) is 3. The number of hydrogen-bond donors (Lipinski definition) is 2. The molecule has 1 aliphatic rings. The van der Waals surface area contributed by atoms with Gasteiger partial charge in [0.25, 0.3) is 0 Å². The first-order chi connectivity index (χ1) is 14.1. The second-order valence-electron chi connectivity index (χ2n) is 6.63. The molecule has 0 radical (unpaired) electrons.